The number of pyridine rings is 1. The third-order valence-corrected chi connectivity index (χ3v) is 7.27. The number of nitrogen functional groups attached to an aromatic ring is 1. The predicted octanol–water partition coefficient (Wildman–Crippen LogP) is 3.27. The van der Waals surface area contributed by atoms with E-state index in [2.05, 4.69) is 16.5 Å². The molecule has 6 rings (SSSR count). The smallest absolute Gasteiger partial charge is 0.246 e. The number of carbonyl (C=O) groups is 2. The van der Waals surface area contributed by atoms with Gasteiger partial charge in [-0.15, -0.1) is 0 Å². The first-order valence-corrected chi connectivity index (χ1v) is 12.2. The standard InChI is InChI=1S/C28H26N6O3/c1-2-24(36)34-21(13-19-15-37-16-22(19)34)28-32-25(26-27(29)31-11-12-33(26)28)18-8-6-17(7-9-18)23(35)14-20-5-3-4-10-30-20/h2-12,19,21-22H,1,13-16H2,(H2,29,31)/t19-,21-,22+/m0/s1. The zero-order valence-corrected chi connectivity index (χ0v) is 20.2. The lowest BCUT2D eigenvalue weighted by atomic mass is 10.0. The van der Waals surface area contributed by atoms with Crippen LogP contribution in [0.15, 0.2) is 73.7 Å². The van der Waals surface area contributed by atoms with Gasteiger partial charge in [-0.1, -0.05) is 36.9 Å². The summed E-state index contributed by atoms with van der Waals surface area (Å²) in [6, 6.07) is 12.6. The molecule has 0 radical (unpaired) electrons. The van der Waals surface area contributed by atoms with E-state index in [0.29, 0.717) is 35.8 Å². The van der Waals surface area contributed by atoms with Gasteiger partial charge in [0.05, 0.1) is 31.7 Å². The highest BCUT2D eigenvalue weighted by Gasteiger charge is 2.48. The summed E-state index contributed by atoms with van der Waals surface area (Å²) in [5.41, 5.74) is 9.79. The van der Waals surface area contributed by atoms with Crippen molar-refractivity contribution in [3.8, 4) is 11.3 Å². The summed E-state index contributed by atoms with van der Waals surface area (Å²) < 4.78 is 7.58. The minimum atomic E-state index is -0.244. The molecule has 1 aromatic carbocycles. The van der Waals surface area contributed by atoms with Crippen molar-refractivity contribution in [2.24, 2.45) is 5.92 Å². The molecule has 9 heteroatoms. The number of ketones is 1. The first kappa shape index (κ1) is 23.1. The van der Waals surface area contributed by atoms with E-state index in [1.54, 1.807) is 24.5 Å². The number of imidazole rings is 1. The molecule has 2 aliphatic heterocycles. The molecule has 3 atom stereocenters. The molecule has 37 heavy (non-hydrogen) atoms. The van der Waals surface area contributed by atoms with Gasteiger partial charge < -0.3 is 15.4 Å². The summed E-state index contributed by atoms with van der Waals surface area (Å²) in [5.74, 6) is 1.15. The molecule has 0 aliphatic carbocycles. The maximum Gasteiger partial charge on any atom is 0.246 e. The summed E-state index contributed by atoms with van der Waals surface area (Å²) in [6.45, 7) is 4.83. The van der Waals surface area contributed by atoms with E-state index in [0.717, 1.165) is 23.5 Å². The van der Waals surface area contributed by atoms with Crippen molar-refractivity contribution >= 4 is 23.0 Å². The van der Waals surface area contributed by atoms with Gasteiger partial charge in [0.1, 0.15) is 22.9 Å². The lowest BCUT2D eigenvalue weighted by Gasteiger charge is -2.27. The predicted molar refractivity (Wildman–Crippen MR) is 138 cm³/mol. The molecule has 1 amide bonds. The third-order valence-electron chi connectivity index (χ3n) is 7.27. The fourth-order valence-corrected chi connectivity index (χ4v) is 5.51. The van der Waals surface area contributed by atoms with Crippen molar-refractivity contribution in [2.45, 2.75) is 24.9 Å². The second-order valence-corrected chi connectivity index (χ2v) is 9.41. The number of hydrogen-bond acceptors (Lipinski definition) is 7. The Kier molecular flexibility index (Phi) is 5.77. The molecule has 0 bridgehead atoms. The van der Waals surface area contributed by atoms with E-state index in [1.165, 1.54) is 6.08 Å². The van der Waals surface area contributed by atoms with Crippen LogP contribution in [0.4, 0.5) is 5.82 Å². The highest BCUT2D eigenvalue weighted by atomic mass is 16.5. The maximum absolute atomic E-state index is 12.9. The Bertz CT molecular complexity index is 1500. The normalized spacial score (nSPS) is 20.8. The van der Waals surface area contributed by atoms with E-state index in [9.17, 15) is 9.59 Å². The van der Waals surface area contributed by atoms with Gasteiger partial charge in [0.15, 0.2) is 5.78 Å². The van der Waals surface area contributed by atoms with Crippen molar-refractivity contribution in [2.75, 3.05) is 18.9 Å². The van der Waals surface area contributed by atoms with Crippen LogP contribution in [-0.4, -0.2) is 55.2 Å². The van der Waals surface area contributed by atoms with Crippen LogP contribution in [0.2, 0.25) is 0 Å². The number of benzene rings is 1. The number of rotatable bonds is 6. The average molecular weight is 495 g/mol. The monoisotopic (exact) mass is 494 g/mol. The number of carbonyl (C=O) groups excluding carboxylic acids is 2. The van der Waals surface area contributed by atoms with Crippen LogP contribution < -0.4 is 5.73 Å². The van der Waals surface area contributed by atoms with Gasteiger partial charge in [-0.3, -0.25) is 19.0 Å². The minimum Gasteiger partial charge on any atom is -0.382 e. The summed E-state index contributed by atoms with van der Waals surface area (Å²) in [4.78, 5) is 41.1. The van der Waals surface area contributed by atoms with Gasteiger partial charge in [0.25, 0.3) is 0 Å². The van der Waals surface area contributed by atoms with Crippen molar-refractivity contribution in [3.63, 3.8) is 0 Å². The molecule has 0 spiro atoms. The van der Waals surface area contributed by atoms with Crippen molar-refractivity contribution in [1.82, 2.24) is 24.3 Å². The van der Waals surface area contributed by atoms with Crippen molar-refractivity contribution in [1.29, 1.82) is 0 Å². The molecule has 2 aliphatic rings. The number of amides is 1. The fourth-order valence-electron chi connectivity index (χ4n) is 5.51. The number of nitrogens with zero attached hydrogens (tertiary/aromatic N) is 5. The number of nitrogens with two attached hydrogens (primary N) is 1. The highest BCUT2D eigenvalue weighted by molar-refractivity contribution is 5.98. The number of aromatic nitrogens is 4. The molecule has 4 aromatic rings. The third kappa shape index (κ3) is 3.97. The maximum atomic E-state index is 12.9. The quantitative estimate of drug-likeness (QED) is 0.323. The topological polar surface area (TPSA) is 116 Å². The second kappa shape index (κ2) is 9.25. The molecule has 2 N–H and O–H groups in total. The largest absolute Gasteiger partial charge is 0.382 e. The second-order valence-electron chi connectivity index (χ2n) is 9.41. The molecule has 2 fully saturated rings. The van der Waals surface area contributed by atoms with Gasteiger partial charge in [0, 0.05) is 41.3 Å². The van der Waals surface area contributed by atoms with Crippen LogP contribution >= 0.6 is 0 Å². The van der Waals surface area contributed by atoms with Crippen LogP contribution in [0.5, 0.6) is 0 Å². The van der Waals surface area contributed by atoms with Gasteiger partial charge in [-0.2, -0.15) is 0 Å². The van der Waals surface area contributed by atoms with Gasteiger partial charge >= 0.3 is 0 Å². The summed E-state index contributed by atoms with van der Waals surface area (Å²) in [5, 5.41) is 0. The van der Waals surface area contributed by atoms with Crippen LogP contribution in [0.25, 0.3) is 16.8 Å². The summed E-state index contributed by atoms with van der Waals surface area (Å²) >= 11 is 0. The Hall–Kier alpha value is -4.37. The molecule has 0 saturated carbocycles. The van der Waals surface area contributed by atoms with Crippen LogP contribution in [0.3, 0.4) is 0 Å². The Labute approximate surface area is 213 Å². The lowest BCUT2D eigenvalue weighted by Crippen LogP contribution is -2.39. The number of fused-ring (bicyclic) bond motifs is 2. The van der Waals surface area contributed by atoms with Crippen molar-refractivity contribution < 1.29 is 14.3 Å². The van der Waals surface area contributed by atoms with E-state index in [1.807, 2.05) is 45.8 Å². The molecule has 186 valence electrons. The van der Waals surface area contributed by atoms with Gasteiger partial charge in [-0.05, 0) is 24.6 Å². The first-order chi connectivity index (χ1) is 18.0. The number of likely N-dealkylation sites (tertiary alicyclic amines) is 1. The number of hydrogen-bond donors (Lipinski definition) is 1. The van der Waals surface area contributed by atoms with Crippen LogP contribution in [0.1, 0.15) is 34.3 Å². The Morgan fingerprint density at radius 1 is 1.11 bits per heavy atom. The Balaban J connectivity index is 1.38. The van der Waals surface area contributed by atoms with E-state index >= 15 is 0 Å². The highest BCUT2D eigenvalue weighted by Crippen LogP contribution is 2.44. The first-order valence-electron chi connectivity index (χ1n) is 12.2. The van der Waals surface area contributed by atoms with E-state index in [-0.39, 0.29) is 36.1 Å². The average Bonchev–Trinajstić information content (AvgIpc) is 3.62. The van der Waals surface area contributed by atoms with Gasteiger partial charge in [0.2, 0.25) is 5.91 Å². The molecule has 0 unspecified atom stereocenters. The SMILES string of the molecule is C=CC(=O)N1[C@@H]2COC[C@@H]2C[C@H]1c1nc(-c2ccc(C(=O)Cc3ccccn3)cc2)c2c(N)nccn12. The van der Waals surface area contributed by atoms with Gasteiger partial charge in [-0.25, -0.2) is 9.97 Å². The fraction of sp³-hybridized carbons (Fsp3) is 0.250. The zero-order chi connectivity index (χ0) is 25.5. The summed E-state index contributed by atoms with van der Waals surface area (Å²) in [7, 11) is 0. The molecule has 9 nitrogen and oxygen atoms in total. The zero-order valence-electron chi connectivity index (χ0n) is 20.2. The van der Waals surface area contributed by atoms with Crippen molar-refractivity contribution in [3.05, 3.63) is 90.8 Å². The van der Waals surface area contributed by atoms with E-state index < -0.39 is 0 Å². The van der Waals surface area contributed by atoms with Crippen LogP contribution in [-0.2, 0) is 16.0 Å². The number of ether oxygens (including phenoxy) is 1. The molecule has 3 aromatic heterocycles. The molecule has 2 saturated heterocycles. The molecule has 5 heterocycles. The molecular weight excluding hydrogens is 468 g/mol. The number of anilines is 1. The van der Waals surface area contributed by atoms with E-state index in [4.69, 9.17) is 15.5 Å². The Morgan fingerprint density at radius 2 is 1.95 bits per heavy atom. The Morgan fingerprint density at radius 3 is 2.70 bits per heavy atom. The van der Waals surface area contributed by atoms with Crippen LogP contribution in [0, 0.1) is 5.92 Å². The minimum absolute atomic E-state index is 0.00474. The molecular formula is C28H26N6O3. The lowest BCUT2D eigenvalue weighted by molar-refractivity contribution is -0.129. The number of Topliss-reactive ketones (excluding diaryl/α,β-unsaturated/α-hetero) is 1. The summed E-state index contributed by atoms with van der Waals surface area (Å²) in [6.07, 6.45) is 7.46.